The van der Waals surface area contributed by atoms with E-state index in [9.17, 15) is 0 Å². The second-order valence-electron chi connectivity index (χ2n) is 4.67. The molecule has 0 fully saturated rings. The number of nitrogens with zero attached hydrogens (tertiary/aromatic N) is 2. The molecule has 2 rings (SSSR count). The Bertz CT molecular complexity index is 423. The van der Waals surface area contributed by atoms with Crippen molar-refractivity contribution in [1.82, 2.24) is 9.88 Å². The fourth-order valence-corrected chi connectivity index (χ4v) is 2.18. The first-order valence-electron chi connectivity index (χ1n) is 6.55. The Hall–Kier alpha value is -1.61. The summed E-state index contributed by atoms with van der Waals surface area (Å²) in [6.45, 7) is 0.785. The number of allylic oxidation sites excluding steroid dienone is 2. The number of nitrogens with two attached hydrogens (primary N) is 1. The van der Waals surface area contributed by atoms with Crippen molar-refractivity contribution in [3.05, 3.63) is 48.4 Å². The van der Waals surface area contributed by atoms with E-state index < -0.39 is 0 Å². The number of unbranched alkanes of at least 4 members (excludes halogenated alkanes) is 1. The monoisotopic (exact) mass is 243 g/mol. The molecule has 96 valence electrons. The van der Waals surface area contributed by atoms with Gasteiger partial charge >= 0.3 is 0 Å². The van der Waals surface area contributed by atoms with Crippen LogP contribution in [-0.4, -0.2) is 23.5 Å². The van der Waals surface area contributed by atoms with E-state index in [1.165, 1.54) is 12.1 Å². The maximum absolute atomic E-state index is 5.53. The molecule has 3 nitrogen and oxygen atoms in total. The lowest BCUT2D eigenvalue weighted by atomic mass is 9.97. The lowest BCUT2D eigenvalue weighted by molar-refractivity contribution is 0.572. The van der Waals surface area contributed by atoms with Gasteiger partial charge in [-0.3, -0.25) is 4.98 Å². The van der Waals surface area contributed by atoms with Gasteiger partial charge in [-0.05, 0) is 37.4 Å². The average molecular weight is 243 g/mol. The minimum Gasteiger partial charge on any atom is -0.350 e. The van der Waals surface area contributed by atoms with Gasteiger partial charge in [0, 0.05) is 19.4 Å². The van der Waals surface area contributed by atoms with Gasteiger partial charge in [0.1, 0.15) is 0 Å². The molecule has 0 aliphatic carbocycles. The third kappa shape index (κ3) is 3.20. The molecule has 0 radical (unpaired) electrons. The molecule has 0 saturated heterocycles. The van der Waals surface area contributed by atoms with Crippen molar-refractivity contribution < 1.29 is 0 Å². The van der Waals surface area contributed by atoms with Crippen LogP contribution in [0.25, 0.3) is 5.70 Å². The summed E-state index contributed by atoms with van der Waals surface area (Å²) in [6, 6.07) is 6.03. The summed E-state index contributed by atoms with van der Waals surface area (Å²) >= 11 is 0. The van der Waals surface area contributed by atoms with Crippen molar-refractivity contribution in [1.29, 1.82) is 0 Å². The Labute approximate surface area is 109 Å². The van der Waals surface area contributed by atoms with Crippen molar-refractivity contribution in [2.24, 2.45) is 11.7 Å². The summed E-state index contributed by atoms with van der Waals surface area (Å²) < 4.78 is 0. The third-order valence-electron chi connectivity index (χ3n) is 3.23. The molecule has 1 aromatic heterocycles. The molecule has 1 atom stereocenters. The summed E-state index contributed by atoms with van der Waals surface area (Å²) in [5.74, 6) is 0.504. The normalized spacial score (nSPS) is 18.9. The van der Waals surface area contributed by atoms with Crippen LogP contribution in [0.4, 0.5) is 0 Å². The molecule has 1 aliphatic heterocycles. The number of rotatable bonds is 5. The molecule has 3 heteroatoms. The number of aromatic nitrogens is 1. The van der Waals surface area contributed by atoms with Gasteiger partial charge in [-0.25, -0.2) is 0 Å². The fraction of sp³-hybridized carbons (Fsp3) is 0.400. The number of pyridine rings is 1. The lowest BCUT2D eigenvalue weighted by Crippen LogP contribution is -2.16. The van der Waals surface area contributed by atoms with E-state index in [4.69, 9.17) is 5.73 Å². The van der Waals surface area contributed by atoms with E-state index >= 15 is 0 Å². The first-order valence-corrected chi connectivity index (χ1v) is 6.55. The van der Waals surface area contributed by atoms with Crippen molar-refractivity contribution >= 4 is 5.70 Å². The van der Waals surface area contributed by atoms with Gasteiger partial charge in [0.25, 0.3) is 0 Å². The Balaban J connectivity index is 2.08. The zero-order chi connectivity index (χ0) is 12.8. The van der Waals surface area contributed by atoms with Crippen LogP contribution in [0.1, 0.15) is 25.0 Å². The molecule has 0 aromatic carbocycles. The predicted molar refractivity (Wildman–Crippen MR) is 75.5 cm³/mol. The average Bonchev–Trinajstić information content (AvgIpc) is 2.42. The summed E-state index contributed by atoms with van der Waals surface area (Å²) in [7, 11) is 2.06. The van der Waals surface area contributed by atoms with Crippen molar-refractivity contribution in [2.75, 3.05) is 13.6 Å². The maximum Gasteiger partial charge on any atom is 0.0863 e. The summed E-state index contributed by atoms with van der Waals surface area (Å²) in [4.78, 5) is 6.55. The summed E-state index contributed by atoms with van der Waals surface area (Å²) in [5, 5.41) is 0. The maximum atomic E-state index is 5.53. The Morgan fingerprint density at radius 2 is 2.22 bits per heavy atom. The molecule has 0 bridgehead atoms. The molecule has 1 aliphatic rings. The molecular weight excluding hydrogens is 222 g/mol. The van der Waals surface area contributed by atoms with Gasteiger partial charge in [0.15, 0.2) is 0 Å². The first kappa shape index (κ1) is 12.8. The van der Waals surface area contributed by atoms with Gasteiger partial charge in [0.05, 0.1) is 11.4 Å². The van der Waals surface area contributed by atoms with E-state index in [0.29, 0.717) is 5.92 Å². The molecule has 2 N–H and O–H groups in total. The van der Waals surface area contributed by atoms with E-state index in [1.807, 2.05) is 18.3 Å². The molecular formula is C15H21N3. The predicted octanol–water partition coefficient (Wildman–Crippen LogP) is 2.63. The van der Waals surface area contributed by atoms with Gasteiger partial charge in [-0.2, -0.15) is 0 Å². The summed E-state index contributed by atoms with van der Waals surface area (Å²) in [6.07, 6.45) is 12.0. The zero-order valence-electron chi connectivity index (χ0n) is 10.9. The summed E-state index contributed by atoms with van der Waals surface area (Å²) in [5.41, 5.74) is 7.76. The van der Waals surface area contributed by atoms with E-state index in [0.717, 1.165) is 25.1 Å². The number of hydrogen-bond donors (Lipinski definition) is 1. The molecule has 2 heterocycles. The largest absolute Gasteiger partial charge is 0.350 e. The second kappa shape index (κ2) is 6.36. The van der Waals surface area contributed by atoms with Crippen LogP contribution in [0.2, 0.25) is 0 Å². The topological polar surface area (TPSA) is 42.1 Å². The van der Waals surface area contributed by atoms with Gasteiger partial charge in [-0.15, -0.1) is 0 Å². The van der Waals surface area contributed by atoms with E-state index in [2.05, 4.69) is 41.3 Å². The molecule has 0 amide bonds. The third-order valence-corrected chi connectivity index (χ3v) is 3.23. The zero-order valence-corrected chi connectivity index (χ0v) is 10.9. The van der Waals surface area contributed by atoms with Gasteiger partial charge in [-0.1, -0.05) is 24.6 Å². The second-order valence-corrected chi connectivity index (χ2v) is 4.67. The van der Waals surface area contributed by atoms with Crippen LogP contribution >= 0.6 is 0 Å². The van der Waals surface area contributed by atoms with Crippen molar-refractivity contribution in [3.63, 3.8) is 0 Å². The molecule has 0 spiro atoms. The van der Waals surface area contributed by atoms with Gasteiger partial charge in [0.2, 0.25) is 0 Å². The van der Waals surface area contributed by atoms with Crippen molar-refractivity contribution in [3.8, 4) is 0 Å². The molecule has 0 saturated carbocycles. The highest BCUT2D eigenvalue weighted by atomic mass is 15.1. The lowest BCUT2D eigenvalue weighted by Gasteiger charge is -2.25. The van der Waals surface area contributed by atoms with Crippen LogP contribution in [0, 0.1) is 5.92 Å². The highest BCUT2D eigenvalue weighted by Crippen LogP contribution is 2.26. The van der Waals surface area contributed by atoms with Crippen LogP contribution < -0.4 is 5.73 Å². The number of hydrogen-bond acceptors (Lipinski definition) is 3. The van der Waals surface area contributed by atoms with Crippen LogP contribution in [-0.2, 0) is 0 Å². The Morgan fingerprint density at radius 3 is 2.94 bits per heavy atom. The van der Waals surface area contributed by atoms with Crippen LogP contribution in [0.15, 0.2) is 42.7 Å². The van der Waals surface area contributed by atoms with Gasteiger partial charge < -0.3 is 10.6 Å². The highest BCUT2D eigenvalue weighted by Gasteiger charge is 2.14. The smallest absolute Gasteiger partial charge is 0.0863 e. The van der Waals surface area contributed by atoms with E-state index in [-0.39, 0.29) is 0 Å². The van der Waals surface area contributed by atoms with Crippen LogP contribution in [0.3, 0.4) is 0 Å². The minimum absolute atomic E-state index is 0.504. The Morgan fingerprint density at radius 1 is 1.33 bits per heavy atom. The SMILES string of the molecule is CN1C=CC(CCCCN)C=C1c1ccccn1. The van der Waals surface area contributed by atoms with Crippen LogP contribution in [0.5, 0.6) is 0 Å². The quantitative estimate of drug-likeness (QED) is 0.808. The van der Waals surface area contributed by atoms with E-state index in [1.54, 1.807) is 0 Å². The standard InChI is InChI=1S/C15H21N3/c1-18-11-8-13(6-2-4-9-16)12-15(18)14-7-3-5-10-17-14/h3,5,7-8,10-13H,2,4,6,9,16H2,1H3. The minimum atomic E-state index is 0.504. The molecule has 18 heavy (non-hydrogen) atoms. The van der Waals surface area contributed by atoms with Crippen molar-refractivity contribution in [2.45, 2.75) is 19.3 Å². The molecule has 1 unspecified atom stereocenters. The Kier molecular flexibility index (Phi) is 4.53. The first-order chi connectivity index (χ1) is 8.81. The molecule has 1 aromatic rings. The highest BCUT2D eigenvalue weighted by molar-refractivity contribution is 5.63. The fourth-order valence-electron chi connectivity index (χ4n) is 2.18.